The summed E-state index contributed by atoms with van der Waals surface area (Å²) in [5.74, 6) is 1.51. The van der Waals surface area contributed by atoms with Crippen molar-refractivity contribution in [1.82, 2.24) is 9.97 Å². The third kappa shape index (κ3) is 2.51. The highest BCUT2D eigenvalue weighted by Gasteiger charge is 2.24. The number of hydrogen-bond donors (Lipinski definition) is 1. The van der Waals surface area contributed by atoms with Gasteiger partial charge in [-0.15, -0.1) is 0 Å². The van der Waals surface area contributed by atoms with Crippen LogP contribution in [0.2, 0.25) is 0 Å². The lowest BCUT2D eigenvalue weighted by atomic mass is 9.90. The Morgan fingerprint density at radius 1 is 1.40 bits per heavy atom. The Hall–Kier alpha value is -1.58. The summed E-state index contributed by atoms with van der Waals surface area (Å²) in [6.07, 6.45) is 3.36. The van der Waals surface area contributed by atoms with Crippen LogP contribution < -0.4 is 4.74 Å². The van der Waals surface area contributed by atoms with Gasteiger partial charge in [-0.25, -0.2) is 9.37 Å². The Morgan fingerprint density at radius 3 is 2.80 bits per heavy atom. The van der Waals surface area contributed by atoms with Gasteiger partial charge in [0.15, 0.2) is 11.6 Å². The van der Waals surface area contributed by atoms with Gasteiger partial charge in [0.05, 0.1) is 17.6 Å². The number of aromatic amines is 1. The minimum atomic E-state index is -0.317. The van der Waals surface area contributed by atoms with Crippen LogP contribution in [0.15, 0.2) is 12.1 Å². The van der Waals surface area contributed by atoms with Gasteiger partial charge >= 0.3 is 0 Å². The second-order valence-electron chi connectivity index (χ2n) is 6.38. The molecular weight excluding hydrogens is 255 g/mol. The largest absolute Gasteiger partial charge is 0.490 e. The number of nitrogens with one attached hydrogen (secondary N) is 1. The number of aromatic nitrogens is 2. The van der Waals surface area contributed by atoms with Crippen LogP contribution in [0.4, 0.5) is 4.39 Å². The number of nitrogens with zero attached hydrogens (tertiary/aromatic N) is 1. The lowest BCUT2D eigenvalue weighted by Crippen LogP contribution is -2.17. The second-order valence-corrected chi connectivity index (χ2v) is 6.38. The van der Waals surface area contributed by atoms with Crippen molar-refractivity contribution in [1.29, 1.82) is 0 Å². The number of rotatable bonds is 5. The molecule has 0 unspecified atom stereocenters. The molecule has 0 aliphatic heterocycles. The lowest BCUT2D eigenvalue weighted by Gasteiger charge is -2.18. The minimum Gasteiger partial charge on any atom is -0.490 e. The molecule has 0 saturated heterocycles. The maximum Gasteiger partial charge on any atom is 0.167 e. The van der Waals surface area contributed by atoms with E-state index >= 15 is 0 Å². The fourth-order valence-corrected chi connectivity index (χ4v) is 2.10. The number of H-pyrrole nitrogens is 1. The number of benzene rings is 1. The topological polar surface area (TPSA) is 37.9 Å². The quantitative estimate of drug-likeness (QED) is 0.889. The van der Waals surface area contributed by atoms with Gasteiger partial charge in [-0.05, 0) is 25.2 Å². The molecule has 1 aliphatic rings. The summed E-state index contributed by atoms with van der Waals surface area (Å²) in [5, 5.41) is 0. The van der Waals surface area contributed by atoms with Crippen molar-refractivity contribution in [3.05, 3.63) is 23.8 Å². The first-order chi connectivity index (χ1) is 9.49. The smallest absolute Gasteiger partial charge is 0.167 e. The van der Waals surface area contributed by atoms with E-state index in [1.54, 1.807) is 6.07 Å². The van der Waals surface area contributed by atoms with Crippen LogP contribution in [0.25, 0.3) is 11.0 Å². The summed E-state index contributed by atoms with van der Waals surface area (Å²) in [5.41, 5.74) is 1.47. The maximum absolute atomic E-state index is 14.0. The second kappa shape index (κ2) is 4.76. The Morgan fingerprint density at radius 2 is 2.15 bits per heavy atom. The highest BCUT2D eigenvalue weighted by molar-refractivity contribution is 5.77. The molecule has 20 heavy (non-hydrogen) atoms. The maximum atomic E-state index is 14.0. The summed E-state index contributed by atoms with van der Waals surface area (Å²) >= 11 is 0. The van der Waals surface area contributed by atoms with Crippen molar-refractivity contribution in [3.8, 4) is 5.75 Å². The van der Waals surface area contributed by atoms with Crippen LogP contribution in [-0.4, -0.2) is 16.6 Å². The van der Waals surface area contributed by atoms with Gasteiger partial charge in [0.1, 0.15) is 5.82 Å². The standard InChI is InChI=1S/C16H21FN2O/c1-4-16(2,3)15-18-12-7-11(17)14(8-13(12)19-15)20-9-10-5-6-10/h7-8,10H,4-6,9H2,1-3H3,(H,18,19). The molecule has 0 spiro atoms. The molecule has 108 valence electrons. The van der Waals surface area contributed by atoms with E-state index in [0.29, 0.717) is 18.3 Å². The van der Waals surface area contributed by atoms with Crippen LogP contribution in [0, 0.1) is 11.7 Å². The third-order valence-corrected chi connectivity index (χ3v) is 4.23. The van der Waals surface area contributed by atoms with Crippen LogP contribution in [0.1, 0.15) is 45.9 Å². The lowest BCUT2D eigenvalue weighted by molar-refractivity contribution is 0.286. The first-order valence-corrected chi connectivity index (χ1v) is 7.32. The normalized spacial score (nSPS) is 15.8. The van der Waals surface area contributed by atoms with E-state index in [1.165, 1.54) is 18.9 Å². The van der Waals surface area contributed by atoms with Crippen LogP contribution in [0.3, 0.4) is 0 Å². The Kier molecular flexibility index (Phi) is 3.19. The van der Waals surface area contributed by atoms with Crippen molar-refractivity contribution >= 4 is 11.0 Å². The molecule has 1 saturated carbocycles. The zero-order valence-corrected chi connectivity index (χ0v) is 12.3. The van der Waals surface area contributed by atoms with Gasteiger partial charge in [-0.2, -0.15) is 0 Å². The first kappa shape index (κ1) is 13.4. The predicted molar refractivity (Wildman–Crippen MR) is 77.6 cm³/mol. The van der Waals surface area contributed by atoms with Gasteiger partial charge in [0.2, 0.25) is 0 Å². The van der Waals surface area contributed by atoms with Crippen molar-refractivity contribution in [2.24, 2.45) is 5.92 Å². The highest BCUT2D eigenvalue weighted by atomic mass is 19.1. The van der Waals surface area contributed by atoms with E-state index in [9.17, 15) is 4.39 Å². The van der Waals surface area contributed by atoms with Crippen molar-refractivity contribution in [2.75, 3.05) is 6.61 Å². The number of imidazole rings is 1. The van der Waals surface area contributed by atoms with Crippen LogP contribution in [-0.2, 0) is 5.41 Å². The van der Waals surface area contributed by atoms with Gasteiger partial charge in [-0.1, -0.05) is 20.8 Å². The van der Waals surface area contributed by atoms with Gasteiger partial charge in [-0.3, -0.25) is 0 Å². The number of fused-ring (bicyclic) bond motifs is 1. The molecule has 3 rings (SSSR count). The van der Waals surface area contributed by atoms with E-state index in [4.69, 9.17) is 4.74 Å². The molecule has 0 radical (unpaired) electrons. The third-order valence-electron chi connectivity index (χ3n) is 4.23. The van der Waals surface area contributed by atoms with Crippen LogP contribution >= 0.6 is 0 Å². The molecule has 3 nitrogen and oxygen atoms in total. The molecule has 0 bridgehead atoms. The molecule has 1 aromatic carbocycles. The van der Waals surface area contributed by atoms with E-state index in [2.05, 4.69) is 30.7 Å². The first-order valence-electron chi connectivity index (χ1n) is 7.32. The summed E-state index contributed by atoms with van der Waals surface area (Å²) in [6, 6.07) is 3.19. The number of ether oxygens (including phenoxy) is 1. The molecule has 1 aliphatic carbocycles. The average molecular weight is 276 g/mol. The Balaban J connectivity index is 1.92. The van der Waals surface area contributed by atoms with E-state index in [0.717, 1.165) is 23.3 Å². The van der Waals surface area contributed by atoms with Crippen molar-refractivity contribution < 1.29 is 9.13 Å². The average Bonchev–Trinajstić information content (AvgIpc) is 3.15. The molecule has 2 aromatic rings. The molecule has 1 fully saturated rings. The summed E-state index contributed by atoms with van der Waals surface area (Å²) in [7, 11) is 0. The summed E-state index contributed by atoms with van der Waals surface area (Å²) < 4.78 is 19.6. The van der Waals surface area contributed by atoms with E-state index < -0.39 is 0 Å². The molecular formula is C16H21FN2O. The van der Waals surface area contributed by atoms with E-state index in [-0.39, 0.29) is 11.2 Å². The van der Waals surface area contributed by atoms with Crippen molar-refractivity contribution in [3.63, 3.8) is 0 Å². The monoisotopic (exact) mass is 276 g/mol. The van der Waals surface area contributed by atoms with E-state index in [1.807, 2.05) is 0 Å². The highest BCUT2D eigenvalue weighted by Crippen LogP contribution is 2.32. The van der Waals surface area contributed by atoms with Gasteiger partial charge in [0, 0.05) is 17.5 Å². The Labute approximate surface area is 118 Å². The minimum absolute atomic E-state index is 0.0372. The fraction of sp³-hybridized carbons (Fsp3) is 0.562. The predicted octanol–water partition coefficient (Wildman–Crippen LogP) is 4.18. The van der Waals surface area contributed by atoms with Gasteiger partial charge in [0.25, 0.3) is 0 Å². The number of hydrogen-bond acceptors (Lipinski definition) is 2. The molecule has 4 heteroatoms. The zero-order valence-electron chi connectivity index (χ0n) is 12.3. The number of halogens is 1. The molecule has 1 heterocycles. The van der Waals surface area contributed by atoms with Gasteiger partial charge < -0.3 is 9.72 Å². The molecule has 1 N–H and O–H groups in total. The molecule has 0 atom stereocenters. The van der Waals surface area contributed by atoms with Crippen molar-refractivity contribution in [2.45, 2.75) is 45.4 Å². The molecule has 1 aromatic heterocycles. The van der Waals surface area contributed by atoms with Crippen LogP contribution in [0.5, 0.6) is 5.75 Å². The molecule has 0 amide bonds. The SMILES string of the molecule is CCC(C)(C)c1nc2cc(OCC3CC3)c(F)cc2[nH]1. The zero-order chi connectivity index (χ0) is 14.3. The Bertz CT molecular complexity index is 629. The summed E-state index contributed by atoms with van der Waals surface area (Å²) in [6.45, 7) is 7.00. The fourth-order valence-electron chi connectivity index (χ4n) is 2.10. The summed E-state index contributed by atoms with van der Waals surface area (Å²) in [4.78, 5) is 7.82.